The second kappa shape index (κ2) is 4.34. The van der Waals surface area contributed by atoms with Crippen LogP contribution < -0.4 is 5.73 Å². The van der Waals surface area contributed by atoms with Crippen LogP contribution in [-0.2, 0) is 19.3 Å². The SMILES string of the molecule is NC1Cc2ccc(cc2)CCc2ccc1cc2. The molecule has 0 amide bonds. The average molecular weight is 223 g/mol. The van der Waals surface area contributed by atoms with Gasteiger partial charge in [0.15, 0.2) is 0 Å². The molecule has 4 aliphatic carbocycles. The zero-order chi connectivity index (χ0) is 11.7. The molecule has 0 saturated carbocycles. The summed E-state index contributed by atoms with van der Waals surface area (Å²) in [6.07, 6.45) is 3.14. The van der Waals surface area contributed by atoms with E-state index in [1.54, 1.807) is 0 Å². The molecule has 0 aliphatic heterocycles. The molecule has 17 heavy (non-hydrogen) atoms. The van der Waals surface area contributed by atoms with Gasteiger partial charge in [0.25, 0.3) is 0 Å². The van der Waals surface area contributed by atoms with Crippen molar-refractivity contribution in [1.29, 1.82) is 0 Å². The highest BCUT2D eigenvalue weighted by atomic mass is 14.6. The first-order chi connectivity index (χ1) is 8.31. The summed E-state index contributed by atoms with van der Waals surface area (Å²) in [6.45, 7) is 0. The molecule has 2 aromatic rings. The Bertz CT molecular complexity index is 496. The second-order valence-corrected chi connectivity index (χ2v) is 4.87. The van der Waals surface area contributed by atoms with Gasteiger partial charge in [-0.05, 0) is 41.5 Å². The van der Waals surface area contributed by atoms with Crippen molar-refractivity contribution in [2.75, 3.05) is 0 Å². The molecule has 86 valence electrons. The van der Waals surface area contributed by atoms with Crippen LogP contribution >= 0.6 is 0 Å². The van der Waals surface area contributed by atoms with Crippen LogP contribution in [-0.4, -0.2) is 0 Å². The van der Waals surface area contributed by atoms with Gasteiger partial charge in [0.05, 0.1) is 0 Å². The predicted octanol–water partition coefficient (Wildman–Crippen LogP) is 3.03. The third-order valence-corrected chi connectivity index (χ3v) is 3.59. The van der Waals surface area contributed by atoms with Gasteiger partial charge in [0.2, 0.25) is 0 Å². The van der Waals surface area contributed by atoms with Crippen LogP contribution in [0.5, 0.6) is 0 Å². The minimum atomic E-state index is 0.106. The van der Waals surface area contributed by atoms with E-state index in [9.17, 15) is 0 Å². The number of nitrogens with two attached hydrogens (primary N) is 1. The van der Waals surface area contributed by atoms with Gasteiger partial charge >= 0.3 is 0 Å². The molecular weight excluding hydrogens is 206 g/mol. The molecule has 1 nitrogen and oxygen atoms in total. The zero-order valence-corrected chi connectivity index (χ0v) is 9.89. The lowest BCUT2D eigenvalue weighted by Crippen LogP contribution is -2.13. The van der Waals surface area contributed by atoms with Gasteiger partial charge < -0.3 is 5.73 Å². The van der Waals surface area contributed by atoms with Crippen LogP contribution in [0, 0.1) is 0 Å². The Kier molecular flexibility index (Phi) is 2.69. The zero-order valence-electron chi connectivity index (χ0n) is 9.89. The monoisotopic (exact) mass is 223 g/mol. The Balaban J connectivity index is 2.02. The standard InChI is InChI=1S/C16H17N/c17-16-11-14-5-3-12(4-6-14)1-2-13-7-9-15(16)10-8-13/h3-10,16H,1-2,11,17H2. The lowest BCUT2D eigenvalue weighted by atomic mass is 9.94. The molecule has 0 heterocycles. The van der Waals surface area contributed by atoms with E-state index in [4.69, 9.17) is 5.73 Å². The maximum Gasteiger partial charge on any atom is 0.0335 e. The topological polar surface area (TPSA) is 26.0 Å². The largest absolute Gasteiger partial charge is 0.324 e. The van der Waals surface area contributed by atoms with Crippen molar-refractivity contribution in [3.8, 4) is 0 Å². The van der Waals surface area contributed by atoms with E-state index in [1.807, 2.05) is 0 Å². The number of benzene rings is 2. The van der Waals surface area contributed by atoms with Crippen LogP contribution in [0.25, 0.3) is 0 Å². The first-order valence-corrected chi connectivity index (χ1v) is 6.23. The number of aryl methyl sites for hydroxylation is 2. The van der Waals surface area contributed by atoms with Crippen molar-refractivity contribution in [2.24, 2.45) is 5.73 Å². The van der Waals surface area contributed by atoms with Gasteiger partial charge in [-0.2, -0.15) is 0 Å². The van der Waals surface area contributed by atoms with E-state index >= 15 is 0 Å². The van der Waals surface area contributed by atoms with Crippen LogP contribution in [0.4, 0.5) is 0 Å². The molecule has 0 fully saturated rings. The molecule has 1 unspecified atom stereocenters. The summed E-state index contributed by atoms with van der Waals surface area (Å²) in [4.78, 5) is 0. The fourth-order valence-electron chi connectivity index (χ4n) is 2.43. The number of hydrogen-bond acceptors (Lipinski definition) is 1. The van der Waals surface area contributed by atoms with E-state index in [0.29, 0.717) is 0 Å². The van der Waals surface area contributed by atoms with Gasteiger partial charge in [-0.1, -0.05) is 48.5 Å². The highest BCUT2D eigenvalue weighted by Gasteiger charge is 2.08. The molecule has 2 aromatic carbocycles. The Hall–Kier alpha value is -1.60. The summed E-state index contributed by atoms with van der Waals surface area (Å²) >= 11 is 0. The average Bonchev–Trinajstić information content (AvgIpc) is 2.36. The van der Waals surface area contributed by atoms with Gasteiger partial charge in [0, 0.05) is 6.04 Å². The van der Waals surface area contributed by atoms with E-state index in [2.05, 4.69) is 48.5 Å². The lowest BCUT2D eigenvalue weighted by molar-refractivity contribution is 0.720. The highest BCUT2D eigenvalue weighted by Crippen LogP contribution is 2.19. The summed E-state index contributed by atoms with van der Waals surface area (Å²) in [5.41, 5.74) is 11.6. The Labute approximate surface area is 102 Å². The van der Waals surface area contributed by atoms with Crippen LogP contribution in [0.2, 0.25) is 0 Å². The third kappa shape index (κ3) is 2.25. The quantitative estimate of drug-likeness (QED) is 0.730. The molecule has 0 spiro atoms. The second-order valence-electron chi connectivity index (χ2n) is 4.87. The summed E-state index contributed by atoms with van der Waals surface area (Å²) in [5, 5.41) is 0. The highest BCUT2D eigenvalue weighted by molar-refractivity contribution is 5.30. The summed E-state index contributed by atoms with van der Waals surface area (Å²) in [6, 6.07) is 17.8. The number of hydrogen-bond donors (Lipinski definition) is 1. The smallest absolute Gasteiger partial charge is 0.0335 e. The maximum atomic E-state index is 6.23. The van der Waals surface area contributed by atoms with Crippen molar-refractivity contribution in [3.63, 3.8) is 0 Å². The Morgan fingerprint density at radius 2 is 1.18 bits per heavy atom. The van der Waals surface area contributed by atoms with E-state index in [0.717, 1.165) is 19.3 Å². The van der Waals surface area contributed by atoms with Gasteiger partial charge in [-0.25, -0.2) is 0 Å². The predicted molar refractivity (Wildman–Crippen MR) is 70.9 cm³/mol. The Morgan fingerprint density at radius 1 is 0.706 bits per heavy atom. The summed E-state index contributed by atoms with van der Waals surface area (Å²) in [7, 11) is 0. The molecule has 0 radical (unpaired) electrons. The van der Waals surface area contributed by atoms with Crippen LogP contribution in [0.15, 0.2) is 48.5 Å². The number of rotatable bonds is 0. The fourth-order valence-corrected chi connectivity index (χ4v) is 2.43. The molecule has 1 heteroatoms. The van der Waals surface area contributed by atoms with Crippen molar-refractivity contribution in [3.05, 3.63) is 70.8 Å². The van der Waals surface area contributed by atoms with Crippen LogP contribution in [0.3, 0.4) is 0 Å². The molecule has 4 aliphatic rings. The maximum absolute atomic E-state index is 6.23. The lowest BCUT2D eigenvalue weighted by Gasteiger charge is -2.15. The third-order valence-electron chi connectivity index (χ3n) is 3.59. The molecule has 2 N–H and O–H groups in total. The van der Waals surface area contributed by atoms with E-state index in [-0.39, 0.29) is 6.04 Å². The normalized spacial score (nSPS) is 18.8. The molecule has 0 saturated heterocycles. The first-order valence-electron chi connectivity index (χ1n) is 6.23. The van der Waals surface area contributed by atoms with Crippen molar-refractivity contribution < 1.29 is 0 Å². The molecule has 1 atom stereocenters. The molecular formula is C16H17N. The summed E-state index contributed by atoms with van der Waals surface area (Å²) in [5.74, 6) is 0. The molecule has 4 bridgehead atoms. The fraction of sp³-hybridized carbons (Fsp3) is 0.250. The van der Waals surface area contributed by atoms with Gasteiger partial charge in [-0.15, -0.1) is 0 Å². The molecule has 6 rings (SSSR count). The van der Waals surface area contributed by atoms with Gasteiger partial charge in [-0.3, -0.25) is 0 Å². The van der Waals surface area contributed by atoms with E-state index < -0.39 is 0 Å². The van der Waals surface area contributed by atoms with Crippen LogP contribution in [0.1, 0.15) is 28.3 Å². The minimum Gasteiger partial charge on any atom is -0.324 e. The summed E-state index contributed by atoms with van der Waals surface area (Å²) < 4.78 is 0. The van der Waals surface area contributed by atoms with E-state index in [1.165, 1.54) is 22.3 Å². The van der Waals surface area contributed by atoms with Gasteiger partial charge in [0.1, 0.15) is 0 Å². The van der Waals surface area contributed by atoms with Crippen molar-refractivity contribution in [2.45, 2.75) is 25.3 Å². The van der Waals surface area contributed by atoms with Crippen molar-refractivity contribution in [1.82, 2.24) is 0 Å². The molecule has 0 aromatic heterocycles. The minimum absolute atomic E-state index is 0.106. The Morgan fingerprint density at radius 3 is 1.76 bits per heavy atom. The van der Waals surface area contributed by atoms with Crippen molar-refractivity contribution >= 4 is 0 Å². The first kappa shape index (κ1) is 10.5.